The van der Waals surface area contributed by atoms with Gasteiger partial charge in [0.2, 0.25) is 0 Å². The summed E-state index contributed by atoms with van der Waals surface area (Å²) in [6.45, 7) is 14.4. The van der Waals surface area contributed by atoms with Crippen molar-refractivity contribution in [3.63, 3.8) is 0 Å². The van der Waals surface area contributed by atoms with Gasteiger partial charge in [0.1, 0.15) is 0 Å². The molecule has 2 unspecified atom stereocenters. The first-order chi connectivity index (χ1) is 9.47. The van der Waals surface area contributed by atoms with E-state index in [1.54, 1.807) is 0 Å². The predicted molar refractivity (Wildman–Crippen MR) is 103 cm³/mol. The molecule has 0 N–H and O–H groups in total. The van der Waals surface area contributed by atoms with Crippen molar-refractivity contribution in [3.05, 3.63) is 43.2 Å². The summed E-state index contributed by atoms with van der Waals surface area (Å²) in [7, 11) is 0. The van der Waals surface area contributed by atoms with Gasteiger partial charge < -0.3 is 0 Å². The van der Waals surface area contributed by atoms with Gasteiger partial charge in [-0.15, -0.1) is 24.8 Å². The quantitative estimate of drug-likeness (QED) is 0.482. The van der Waals surface area contributed by atoms with Crippen molar-refractivity contribution in [3.8, 4) is 0 Å². The minimum atomic E-state index is -1.25. The summed E-state index contributed by atoms with van der Waals surface area (Å²) in [5, 5.41) is 0. The van der Waals surface area contributed by atoms with Gasteiger partial charge >= 0.3 is 131 Å². The zero-order valence-corrected chi connectivity index (χ0v) is 18.9. The fraction of sp³-hybridized carbons (Fsp3) is 0.556. The molecule has 0 aromatic heterocycles. The fourth-order valence-electron chi connectivity index (χ4n) is 3.55. The van der Waals surface area contributed by atoms with Crippen LogP contribution in [0.1, 0.15) is 40.5 Å². The maximum atomic E-state index is 2.56. The van der Waals surface area contributed by atoms with E-state index in [4.69, 9.17) is 0 Å². The molecule has 0 heterocycles. The molecular formula is C18H30Cl2SiTi. The average molecular weight is 393 g/mol. The third-order valence-electron chi connectivity index (χ3n) is 4.45. The van der Waals surface area contributed by atoms with Crippen molar-refractivity contribution < 1.29 is 16.6 Å². The van der Waals surface area contributed by atoms with Crippen molar-refractivity contribution in [2.24, 2.45) is 11.8 Å². The number of hydrogen-bond donors (Lipinski definition) is 0. The van der Waals surface area contributed by atoms with Gasteiger partial charge in [0.25, 0.3) is 0 Å². The fourth-order valence-corrected chi connectivity index (χ4v) is 16.0. The zero-order chi connectivity index (χ0) is 14.9. The maximum absolute atomic E-state index is 2.56. The van der Waals surface area contributed by atoms with E-state index in [-0.39, 0.29) is 31.0 Å². The van der Waals surface area contributed by atoms with Crippen LogP contribution in [-0.2, 0) is 16.6 Å². The molecule has 0 nitrogen and oxygen atoms in total. The molecule has 0 fully saturated rings. The van der Waals surface area contributed by atoms with Crippen LogP contribution in [0, 0.1) is 11.8 Å². The van der Waals surface area contributed by atoms with Crippen LogP contribution in [-0.4, -0.2) is 6.19 Å². The van der Waals surface area contributed by atoms with Crippen molar-refractivity contribution >= 4 is 31.0 Å². The zero-order valence-electron chi connectivity index (χ0n) is 14.7. The van der Waals surface area contributed by atoms with E-state index >= 15 is 0 Å². The molecule has 0 amide bonds. The first-order valence-corrected chi connectivity index (χ1v) is 14.4. The van der Waals surface area contributed by atoms with Gasteiger partial charge in [-0.05, 0) is 0 Å². The largest absolute Gasteiger partial charge is 0.147 e. The summed E-state index contributed by atoms with van der Waals surface area (Å²) < 4.78 is 3.74. The molecule has 0 aromatic carbocycles. The van der Waals surface area contributed by atoms with Crippen LogP contribution in [0.15, 0.2) is 43.2 Å². The molecule has 2 aliphatic carbocycles. The van der Waals surface area contributed by atoms with Gasteiger partial charge in [-0.2, -0.15) is 0 Å². The summed E-state index contributed by atoms with van der Waals surface area (Å²) >= 11 is -1.25. The van der Waals surface area contributed by atoms with Gasteiger partial charge in [0.15, 0.2) is 0 Å². The Kier molecular flexibility index (Phi) is 9.90. The average Bonchev–Trinajstić information content (AvgIpc) is 2.92. The summed E-state index contributed by atoms with van der Waals surface area (Å²) in [6.07, 6.45) is 12.5. The first-order valence-electron chi connectivity index (χ1n) is 7.96. The van der Waals surface area contributed by atoms with Crippen LogP contribution in [0.25, 0.3) is 0 Å². The second kappa shape index (κ2) is 9.69. The maximum Gasteiger partial charge on any atom is -0.147 e. The third kappa shape index (κ3) is 4.74. The molecule has 2 rings (SSSR count). The Hall–Kier alpha value is 0.471. The summed E-state index contributed by atoms with van der Waals surface area (Å²) in [5.74, 6) is 1.51. The van der Waals surface area contributed by atoms with E-state index in [0.717, 1.165) is 11.8 Å². The molecule has 0 saturated carbocycles. The van der Waals surface area contributed by atoms with E-state index < -0.39 is 16.6 Å². The van der Waals surface area contributed by atoms with Crippen LogP contribution in [0.3, 0.4) is 0 Å². The Balaban J connectivity index is 0.00000220. The monoisotopic (exact) mass is 392 g/mol. The molecule has 0 aliphatic heterocycles. The summed E-state index contributed by atoms with van der Waals surface area (Å²) in [4.78, 5) is 0. The van der Waals surface area contributed by atoms with Crippen molar-refractivity contribution in [2.75, 3.05) is 0 Å². The van der Waals surface area contributed by atoms with Crippen molar-refractivity contribution in [1.29, 1.82) is 0 Å². The molecular weight excluding hydrogens is 363 g/mol. The van der Waals surface area contributed by atoms with E-state index in [1.807, 2.05) is 7.76 Å². The van der Waals surface area contributed by atoms with Crippen LogP contribution in [0.4, 0.5) is 0 Å². The summed E-state index contributed by atoms with van der Waals surface area (Å²) in [6, 6.07) is 0. The SMILES string of the molecule is CCC1C=C(C)C=[C]1[Ti]([C]1=CC(C)=CC1CC)=[Si](C)C.Cl.Cl. The van der Waals surface area contributed by atoms with E-state index in [2.05, 4.69) is 65.1 Å². The van der Waals surface area contributed by atoms with Crippen molar-refractivity contribution in [2.45, 2.75) is 53.6 Å². The van der Waals surface area contributed by atoms with E-state index in [0.29, 0.717) is 0 Å². The molecule has 0 radical (unpaired) electrons. The topological polar surface area (TPSA) is 0 Å². The van der Waals surface area contributed by atoms with Crippen molar-refractivity contribution in [1.82, 2.24) is 0 Å². The minimum absolute atomic E-state index is 0. The molecule has 124 valence electrons. The standard InChI is InChI=1S/2C8H11.C2H6Si.2ClH.Ti/c2*1-3-8-5-4-7(2)6-8;1-3-2;;;/h2*4,6,8H,3H2,1-2H3;1-2H3;2*1H;. The minimum Gasteiger partial charge on any atom is -0.147 e. The van der Waals surface area contributed by atoms with Gasteiger partial charge in [-0.1, -0.05) is 0 Å². The second-order valence-corrected chi connectivity index (χ2v) is 18.1. The number of hydrogen-bond acceptors (Lipinski definition) is 0. The molecule has 0 aromatic rings. The molecule has 4 heteroatoms. The van der Waals surface area contributed by atoms with Gasteiger partial charge in [-0.3, -0.25) is 0 Å². The third-order valence-corrected chi connectivity index (χ3v) is 15.9. The van der Waals surface area contributed by atoms with Gasteiger partial charge in [0.05, 0.1) is 0 Å². The van der Waals surface area contributed by atoms with Crippen LogP contribution >= 0.6 is 24.8 Å². The predicted octanol–water partition coefficient (Wildman–Crippen LogP) is 6.44. The molecule has 0 saturated heterocycles. The smallest absolute Gasteiger partial charge is 0.147 e. The van der Waals surface area contributed by atoms with Crippen LogP contribution in [0.5, 0.6) is 0 Å². The molecule has 0 spiro atoms. The number of allylic oxidation sites excluding steroid dienone is 8. The molecule has 22 heavy (non-hydrogen) atoms. The number of halogens is 2. The van der Waals surface area contributed by atoms with Gasteiger partial charge in [-0.25, -0.2) is 0 Å². The summed E-state index contributed by atoms with van der Waals surface area (Å²) in [5.41, 5.74) is 3.02. The Morgan fingerprint density at radius 3 is 1.50 bits per heavy atom. The van der Waals surface area contributed by atoms with Gasteiger partial charge in [0, 0.05) is 0 Å². The second-order valence-electron chi connectivity index (χ2n) is 6.43. The number of rotatable bonds is 4. The van der Waals surface area contributed by atoms with E-state index in [1.165, 1.54) is 24.0 Å². The Morgan fingerprint density at radius 1 is 0.864 bits per heavy atom. The Bertz CT molecular complexity index is 520. The van der Waals surface area contributed by atoms with Crippen LogP contribution in [0.2, 0.25) is 13.1 Å². The molecule has 2 aliphatic rings. The Morgan fingerprint density at radius 2 is 1.23 bits per heavy atom. The molecule has 0 bridgehead atoms. The van der Waals surface area contributed by atoms with E-state index in [9.17, 15) is 0 Å². The molecule has 2 atom stereocenters. The van der Waals surface area contributed by atoms with Crippen LogP contribution < -0.4 is 0 Å². The first kappa shape index (κ1) is 22.5. The Labute approximate surface area is 155 Å². The normalized spacial score (nSPS) is 22.8.